The van der Waals surface area contributed by atoms with Crippen molar-refractivity contribution in [1.29, 1.82) is 0 Å². The van der Waals surface area contributed by atoms with Crippen LogP contribution in [-0.2, 0) is 4.74 Å². The lowest BCUT2D eigenvalue weighted by Crippen LogP contribution is -2.31. The molecule has 2 aromatic rings. The molecule has 1 aromatic carbocycles. The van der Waals surface area contributed by atoms with Crippen molar-refractivity contribution in [2.75, 3.05) is 13.2 Å². The standard InChI is InChI=1S/C19H22N2O3/c1-13-16(7-8-18(22)20-13)19(23)21-17(11-14-9-10-24-12-14)15-5-3-2-4-6-15/h2-8,14,17H,9-12H2,1H3,(H,20,22)(H,21,23)/t14-,17+/m0/s1. The zero-order valence-electron chi connectivity index (χ0n) is 13.7. The number of aryl methyl sites for hydroxylation is 1. The van der Waals surface area contributed by atoms with Gasteiger partial charge in [0.15, 0.2) is 0 Å². The molecule has 24 heavy (non-hydrogen) atoms. The Kier molecular flexibility index (Phi) is 5.11. The van der Waals surface area contributed by atoms with E-state index in [1.165, 1.54) is 6.07 Å². The number of amides is 1. The second-order valence-corrected chi connectivity index (χ2v) is 6.26. The lowest BCUT2D eigenvalue weighted by atomic mass is 9.94. The molecule has 1 aromatic heterocycles. The molecule has 1 amide bonds. The van der Waals surface area contributed by atoms with Gasteiger partial charge < -0.3 is 15.0 Å². The first kappa shape index (κ1) is 16.5. The van der Waals surface area contributed by atoms with Gasteiger partial charge in [-0.05, 0) is 37.3 Å². The molecule has 1 fully saturated rings. The lowest BCUT2D eigenvalue weighted by Gasteiger charge is -2.22. The molecule has 3 rings (SSSR count). The minimum atomic E-state index is -0.202. The summed E-state index contributed by atoms with van der Waals surface area (Å²) in [5.74, 6) is 0.281. The van der Waals surface area contributed by atoms with E-state index in [4.69, 9.17) is 4.74 Å². The summed E-state index contributed by atoms with van der Waals surface area (Å²) in [6.45, 7) is 3.27. The van der Waals surface area contributed by atoms with Gasteiger partial charge in [-0.2, -0.15) is 0 Å². The van der Waals surface area contributed by atoms with Crippen molar-refractivity contribution in [3.63, 3.8) is 0 Å². The zero-order chi connectivity index (χ0) is 16.9. The Balaban J connectivity index is 1.80. The molecule has 0 saturated carbocycles. The Morgan fingerprint density at radius 3 is 2.75 bits per heavy atom. The summed E-state index contributed by atoms with van der Waals surface area (Å²) in [5, 5.41) is 3.12. The predicted molar refractivity (Wildman–Crippen MR) is 92.0 cm³/mol. The summed E-state index contributed by atoms with van der Waals surface area (Å²) >= 11 is 0. The monoisotopic (exact) mass is 326 g/mol. The van der Waals surface area contributed by atoms with Crippen LogP contribution in [0.1, 0.15) is 40.5 Å². The third-order valence-electron chi connectivity index (χ3n) is 4.46. The average Bonchev–Trinajstić information content (AvgIpc) is 3.08. The number of carbonyl (C=O) groups is 1. The number of rotatable bonds is 5. The molecule has 0 radical (unpaired) electrons. The van der Waals surface area contributed by atoms with Gasteiger partial charge in [0.05, 0.1) is 11.6 Å². The van der Waals surface area contributed by atoms with Gasteiger partial charge in [0, 0.05) is 25.0 Å². The van der Waals surface area contributed by atoms with Crippen LogP contribution in [0.2, 0.25) is 0 Å². The Hall–Kier alpha value is -2.40. The Morgan fingerprint density at radius 1 is 1.29 bits per heavy atom. The number of hydrogen-bond donors (Lipinski definition) is 2. The molecule has 0 unspecified atom stereocenters. The van der Waals surface area contributed by atoms with Crippen LogP contribution in [0.5, 0.6) is 0 Å². The molecule has 5 nitrogen and oxygen atoms in total. The largest absolute Gasteiger partial charge is 0.381 e. The highest BCUT2D eigenvalue weighted by atomic mass is 16.5. The molecule has 0 bridgehead atoms. The number of aromatic amines is 1. The maximum Gasteiger partial charge on any atom is 0.253 e. The fourth-order valence-corrected chi connectivity index (χ4v) is 3.13. The van der Waals surface area contributed by atoms with E-state index in [1.807, 2.05) is 30.3 Å². The summed E-state index contributed by atoms with van der Waals surface area (Å²) in [6.07, 6.45) is 1.87. The van der Waals surface area contributed by atoms with Crippen LogP contribution in [0.25, 0.3) is 0 Å². The van der Waals surface area contributed by atoms with E-state index < -0.39 is 0 Å². The fourth-order valence-electron chi connectivity index (χ4n) is 3.13. The minimum Gasteiger partial charge on any atom is -0.381 e. The summed E-state index contributed by atoms with van der Waals surface area (Å²) in [7, 11) is 0. The summed E-state index contributed by atoms with van der Waals surface area (Å²) < 4.78 is 5.46. The van der Waals surface area contributed by atoms with Crippen LogP contribution in [-0.4, -0.2) is 24.1 Å². The van der Waals surface area contributed by atoms with Crippen LogP contribution in [0.3, 0.4) is 0 Å². The molecule has 126 valence electrons. The molecule has 5 heteroatoms. The highest BCUT2D eigenvalue weighted by Crippen LogP contribution is 2.27. The van der Waals surface area contributed by atoms with Gasteiger partial charge in [0.25, 0.3) is 5.91 Å². The van der Waals surface area contributed by atoms with Crippen LogP contribution in [0.4, 0.5) is 0 Å². The smallest absolute Gasteiger partial charge is 0.253 e. The maximum atomic E-state index is 12.7. The Labute approximate surface area is 141 Å². The van der Waals surface area contributed by atoms with Crippen molar-refractivity contribution in [3.05, 3.63) is 69.6 Å². The number of H-pyrrole nitrogens is 1. The van der Waals surface area contributed by atoms with Gasteiger partial charge in [-0.15, -0.1) is 0 Å². The lowest BCUT2D eigenvalue weighted by molar-refractivity contribution is 0.0927. The van der Waals surface area contributed by atoms with Crippen LogP contribution in [0, 0.1) is 12.8 Å². The van der Waals surface area contributed by atoms with E-state index in [0.717, 1.165) is 31.6 Å². The molecule has 2 atom stereocenters. The minimum absolute atomic E-state index is 0.0725. The number of carbonyl (C=O) groups excluding carboxylic acids is 1. The molecule has 0 aliphatic carbocycles. The van der Waals surface area contributed by atoms with Crippen LogP contribution in [0.15, 0.2) is 47.3 Å². The van der Waals surface area contributed by atoms with Crippen molar-refractivity contribution in [2.24, 2.45) is 5.92 Å². The molecule has 1 aliphatic rings. The first-order chi connectivity index (χ1) is 11.6. The normalized spacial score (nSPS) is 18.3. The number of ether oxygens (including phenoxy) is 1. The SMILES string of the molecule is Cc1[nH]c(=O)ccc1C(=O)N[C@H](C[C@@H]1CCOC1)c1ccccc1. The first-order valence-corrected chi connectivity index (χ1v) is 8.27. The molecular weight excluding hydrogens is 304 g/mol. The van der Waals surface area contributed by atoms with Crippen molar-refractivity contribution in [1.82, 2.24) is 10.3 Å². The average molecular weight is 326 g/mol. The van der Waals surface area contributed by atoms with Gasteiger partial charge in [-0.3, -0.25) is 9.59 Å². The number of benzene rings is 1. The van der Waals surface area contributed by atoms with Gasteiger partial charge in [0.1, 0.15) is 0 Å². The number of pyridine rings is 1. The number of nitrogens with one attached hydrogen (secondary N) is 2. The van der Waals surface area contributed by atoms with Gasteiger partial charge >= 0.3 is 0 Å². The molecule has 1 aliphatic heterocycles. The zero-order valence-corrected chi connectivity index (χ0v) is 13.7. The highest BCUT2D eigenvalue weighted by molar-refractivity contribution is 5.95. The highest BCUT2D eigenvalue weighted by Gasteiger charge is 2.24. The molecule has 2 heterocycles. The van der Waals surface area contributed by atoms with Crippen molar-refractivity contribution in [3.8, 4) is 0 Å². The molecule has 0 spiro atoms. The third-order valence-corrected chi connectivity index (χ3v) is 4.46. The van der Waals surface area contributed by atoms with E-state index >= 15 is 0 Å². The van der Waals surface area contributed by atoms with Crippen molar-refractivity contribution >= 4 is 5.91 Å². The van der Waals surface area contributed by atoms with E-state index in [1.54, 1.807) is 13.0 Å². The van der Waals surface area contributed by atoms with Gasteiger partial charge in [-0.25, -0.2) is 0 Å². The summed E-state index contributed by atoms with van der Waals surface area (Å²) in [5.41, 5.74) is 1.96. The van der Waals surface area contributed by atoms with Crippen molar-refractivity contribution in [2.45, 2.75) is 25.8 Å². The van der Waals surface area contributed by atoms with Crippen LogP contribution >= 0.6 is 0 Å². The second kappa shape index (κ2) is 7.45. The maximum absolute atomic E-state index is 12.7. The second-order valence-electron chi connectivity index (χ2n) is 6.26. The van der Waals surface area contributed by atoms with E-state index in [2.05, 4.69) is 10.3 Å². The number of aromatic nitrogens is 1. The Morgan fingerprint density at radius 2 is 2.08 bits per heavy atom. The van der Waals surface area contributed by atoms with E-state index in [-0.39, 0.29) is 17.5 Å². The topological polar surface area (TPSA) is 71.2 Å². The molecular formula is C19H22N2O3. The quantitative estimate of drug-likeness (QED) is 0.887. The first-order valence-electron chi connectivity index (χ1n) is 8.27. The fraction of sp³-hybridized carbons (Fsp3) is 0.368. The third kappa shape index (κ3) is 3.92. The van der Waals surface area contributed by atoms with E-state index in [9.17, 15) is 9.59 Å². The summed E-state index contributed by atoms with van der Waals surface area (Å²) in [4.78, 5) is 26.7. The predicted octanol–water partition coefficient (Wildman–Crippen LogP) is 2.58. The van der Waals surface area contributed by atoms with Crippen molar-refractivity contribution < 1.29 is 9.53 Å². The summed E-state index contributed by atoms with van der Waals surface area (Å²) in [6, 6.07) is 12.9. The van der Waals surface area contributed by atoms with Gasteiger partial charge in [-0.1, -0.05) is 30.3 Å². The Bertz CT molecular complexity index is 749. The number of hydrogen-bond acceptors (Lipinski definition) is 3. The molecule has 2 N–H and O–H groups in total. The van der Waals surface area contributed by atoms with E-state index in [0.29, 0.717) is 17.2 Å². The molecule has 1 saturated heterocycles. The van der Waals surface area contributed by atoms with Crippen LogP contribution < -0.4 is 10.9 Å². The van der Waals surface area contributed by atoms with Gasteiger partial charge in [0.2, 0.25) is 5.56 Å².